The van der Waals surface area contributed by atoms with Crippen LogP contribution < -0.4 is 10.6 Å². The summed E-state index contributed by atoms with van der Waals surface area (Å²) in [5, 5.41) is 14.0. The maximum absolute atomic E-state index is 11.6. The summed E-state index contributed by atoms with van der Waals surface area (Å²) in [6.07, 6.45) is 3.83. The van der Waals surface area contributed by atoms with Gasteiger partial charge in [0.1, 0.15) is 0 Å². The van der Waals surface area contributed by atoms with Gasteiger partial charge in [0.2, 0.25) is 5.95 Å². The Kier molecular flexibility index (Phi) is 6.42. The number of carboxylic acid groups (broad SMARTS) is 1. The van der Waals surface area contributed by atoms with Crippen molar-refractivity contribution in [1.29, 1.82) is 0 Å². The number of carboxylic acids is 1. The quantitative estimate of drug-likeness (QED) is 0.705. The maximum atomic E-state index is 11.6. The number of aromatic nitrogens is 2. The zero-order valence-electron chi connectivity index (χ0n) is 11.7. The number of carbonyl (C=O) groups is 2. The number of rotatable bonds is 7. The van der Waals surface area contributed by atoms with Crippen molar-refractivity contribution in [2.75, 3.05) is 11.9 Å². The molecule has 0 aliphatic heterocycles. The van der Waals surface area contributed by atoms with Gasteiger partial charge in [0.25, 0.3) is 0 Å². The zero-order valence-corrected chi connectivity index (χ0v) is 11.7. The molecule has 1 atom stereocenters. The minimum Gasteiger partial charge on any atom is -0.481 e. The van der Waals surface area contributed by atoms with Gasteiger partial charge in [-0.25, -0.2) is 14.8 Å². The lowest BCUT2D eigenvalue weighted by Gasteiger charge is -2.17. The Labute approximate surface area is 117 Å². The van der Waals surface area contributed by atoms with Gasteiger partial charge < -0.3 is 10.4 Å². The van der Waals surface area contributed by atoms with E-state index in [4.69, 9.17) is 5.11 Å². The molecular weight excluding hydrogens is 260 g/mol. The number of anilines is 1. The summed E-state index contributed by atoms with van der Waals surface area (Å²) < 4.78 is 0. The summed E-state index contributed by atoms with van der Waals surface area (Å²) in [5.41, 5.74) is 0. The van der Waals surface area contributed by atoms with Crippen LogP contribution in [0.25, 0.3) is 0 Å². The molecule has 0 saturated heterocycles. The Hall–Kier alpha value is -2.18. The van der Waals surface area contributed by atoms with Crippen LogP contribution in [0.4, 0.5) is 10.7 Å². The van der Waals surface area contributed by atoms with Crippen LogP contribution in [0.3, 0.4) is 0 Å². The smallest absolute Gasteiger partial charge is 0.321 e. The number of carbonyl (C=O) groups excluding carboxylic acids is 1. The van der Waals surface area contributed by atoms with E-state index >= 15 is 0 Å². The summed E-state index contributed by atoms with van der Waals surface area (Å²) in [7, 11) is 0. The van der Waals surface area contributed by atoms with Gasteiger partial charge in [-0.3, -0.25) is 10.1 Å². The van der Waals surface area contributed by atoms with Crippen LogP contribution in [-0.2, 0) is 4.79 Å². The van der Waals surface area contributed by atoms with Crippen LogP contribution in [0, 0.1) is 11.8 Å². The molecule has 1 heterocycles. The molecule has 0 aromatic carbocycles. The third kappa shape index (κ3) is 6.67. The molecule has 1 aromatic rings. The Bertz CT molecular complexity index is 437. The fourth-order valence-electron chi connectivity index (χ4n) is 1.90. The molecule has 0 bridgehead atoms. The number of aliphatic carboxylic acids is 1. The van der Waals surface area contributed by atoms with E-state index in [1.54, 1.807) is 6.07 Å². The molecule has 1 unspecified atom stereocenters. The maximum Gasteiger partial charge on any atom is 0.321 e. The average Bonchev–Trinajstić information content (AvgIpc) is 2.36. The van der Waals surface area contributed by atoms with E-state index in [2.05, 4.69) is 20.6 Å². The number of nitrogens with zero attached hydrogens (tertiary/aromatic N) is 2. The third-order valence-electron chi connectivity index (χ3n) is 2.61. The van der Waals surface area contributed by atoms with E-state index in [9.17, 15) is 9.59 Å². The Morgan fingerprint density at radius 1 is 1.30 bits per heavy atom. The van der Waals surface area contributed by atoms with Gasteiger partial charge in [-0.1, -0.05) is 13.8 Å². The first-order chi connectivity index (χ1) is 9.47. The fraction of sp³-hybridized carbons (Fsp3) is 0.538. The Morgan fingerprint density at radius 2 is 1.95 bits per heavy atom. The van der Waals surface area contributed by atoms with Gasteiger partial charge in [0, 0.05) is 25.4 Å². The summed E-state index contributed by atoms with van der Waals surface area (Å²) in [5.74, 6) is -0.357. The number of hydrogen-bond acceptors (Lipinski definition) is 4. The molecule has 110 valence electrons. The van der Waals surface area contributed by atoms with Crippen molar-refractivity contribution in [3.8, 4) is 0 Å². The molecule has 2 amide bonds. The first-order valence-electron chi connectivity index (χ1n) is 6.51. The molecule has 0 saturated carbocycles. The predicted molar refractivity (Wildman–Crippen MR) is 74.3 cm³/mol. The second-order valence-electron chi connectivity index (χ2n) is 5.00. The van der Waals surface area contributed by atoms with Gasteiger partial charge in [-0.15, -0.1) is 0 Å². The molecule has 7 heteroatoms. The van der Waals surface area contributed by atoms with Crippen molar-refractivity contribution in [3.05, 3.63) is 18.5 Å². The summed E-state index contributed by atoms with van der Waals surface area (Å²) in [6.45, 7) is 4.35. The van der Waals surface area contributed by atoms with Crippen LogP contribution in [0.2, 0.25) is 0 Å². The van der Waals surface area contributed by atoms with Crippen LogP contribution >= 0.6 is 0 Å². The summed E-state index contributed by atoms with van der Waals surface area (Å²) in [4.78, 5) is 30.1. The van der Waals surface area contributed by atoms with Crippen LogP contribution in [0.1, 0.15) is 26.7 Å². The largest absolute Gasteiger partial charge is 0.481 e. The van der Waals surface area contributed by atoms with Crippen molar-refractivity contribution >= 4 is 17.9 Å². The second kappa shape index (κ2) is 8.08. The van der Waals surface area contributed by atoms with E-state index in [-0.39, 0.29) is 18.3 Å². The molecule has 0 aliphatic carbocycles. The lowest BCUT2D eigenvalue weighted by molar-refractivity contribution is -0.138. The van der Waals surface area contributed by atoms with E-state index in [0.717, 1.165) is 6.42 Å². The number of nitrogens with one attached hydrogen (secondary N) is 2. The number of amides is 2. The van der Waals surface area contributed by atoms with Gasteiger partial charge in [-0.05, 0) is 24.3 Å². The van der Waals surface area contributed by atoms with Crippen molar-refractivity contribution < 1.29 is 14.7 Å². The summed E-state index contributed by atoms with van der Waals surface area (Å²) in [6, 6.07) is 1.21. The van der Waals surface area contributed by atoms with Crippen LogP contribution in [0.5, 0.6) is 0 Å². The van der Waals surface area contributed by atoms with Crippen LogP contribution in [-0.4, -0.2) is 33.6 Å². The van der Waals surface area contributed by atoms with E-state index in [1.165, 1.54) is 12.4 Å². The first kappa shape index (κ1) is 15.9. The molecule has 0 radical (unpaired) electrons. The Balaban J connectivity index is 2.41. The average molecular weight is 280 g/mol. The lowest BCUT2D eigenvalue weighted by Crippen LogP contribution is -2.34. The van der Waals surface area contributed by atoms with E-state index < -0.39 is 12.0 Å². The molecule has 20 heavy (non-hydrogen) atoms. The zero-order chi connectivity index (χ0) is 15.0. The highest BCUT2D eigenvalue weighted by molar-refractivity contribution is 5.87. The molecule has 0 fully saturated rings. The molecule has 3 N–H and O–H groups in total. The minimum atomic E-state index is -0.857. The lowest BCUT2D eigenvalue weighted by atomic mass is 9.94. The number of urea groups is 1. The van der Waals surface area contributed by atoms with Gasteiger partial charge >= 0.3 is 12.0 Å². The van der Waals surface area contributed by atoms with Crippen molar-refractivity contribution in [1.82, 2.24) is 15.3 Å². The standard InChI is InChI=1S/C13H20N4O3/c1-9(2)6-10(7-11(18)19)8-16-13(20)17-12-14-4-3-5-15-12/h3-5,9-10H,6-8H2,1-2H3,(H,18,19)(H2,14,15,16,17,20). The minimum absolute atomic E-state index is 0.0420. The predicted octanol–water partition coefficient (Wildman–Crippen LogP) is 1.74. The monoisotopic (exact) mass is 280 g/mol. The molecular formula is C13H20N4O3. The molecule has 1 aromatic heterocycles. The highest BCUT2D eigenvalue weighted by Crippen LogP contribution is 2.14. The fourth-order valence-corrected chi connectivity index (χ4v) is 1.90. The molecule has 0 aliphatic rings. The summed E-state index contributed by atoms with van der Waals surface area (Å²) >= 11 is 0. The Morgan fingerprint density at radius 3 is 2.50 bits per heavy atom. The molecule has 0 spiro atoms. The third-order valence-corrected chi connectivity index (χ3v) is 2.61. The van der Waals surface area contributed by atoms with E-state index in [1.807, 2.05) is 13.8 Å². The van der Waals surface area contributed by atoms with Crippen molar-refractivity contribution in [2.24, 2.45) is 11.8 Å². The highest BCUT2D eigenvalue weighted by Gasteiger charge is 2.16. The molecule has 1 rings (SSSR count). The normalized spacial score (nSPS) is 11.9. The van der Waals surface area contributed by atoms with Gasteiger partial charge in [0.05, 0.1) is 0 Å². The SMILES string of the molecule is CC(C)CC(CNC(=O)Nc1ncccn1)CC(=O)O. The van der Waals surface area contributed by atoms with Crippen molar-refractivity contribution in [3.63, 3.8) is 0 Å². The van der Waals surface area contributed by atoms with Gasteiger partial charge in [0.15, 0.2) is 0 Å². The topological polar surface area (TPSA) is 104 Å². The highest BCUT2D eigenvalue weighted by atomic mass is 16.4. The second-order valence-corrected chi connectivity index (χ2v) is 5.00. The van der Waals surface area contributed by atoms with Gasteiger partial charge in [-0.2, -0.15) is 0 Å². The first-order valence-corrected chi connectivity index (χ1v) is 6.51. The van der Waals surface area contributed by atoms with E-state index in [0.29, 0.717) is 12.5 Å². The van der Waals surface area contributed by atoms with Crippen molar-refractivity contribution in [2.45, 2.75) is 26.7 Å². The van der Waals surface area contributed by atoms with Crippen LogP contribution in [0.15, 0.2) is 18.5 Å². The molecule has 7 nitrogen and oxygen atoms in total. The number of hydrogen-bond donors (Lipinski definition) is 3.